The molecule has 0 saturated heterocycles. The number of carbonyl (C=O) groups is 2. The molecule has 3 rings (SSSR count). The lowest BCUT2D eigenvalue weighted by Gasteiger charge is -2.12. The smallest absolute Gasteiger partial charge is 0.333 e. The number of rotatable bonds is 3. The Bertz CT molecular complexity index is 1070. The highest BCUT2D eigenvalue weighted by molar-refractivity contribution is 5.99. The summed E-state index contributed by atoms with van der Waals surface area (Å²) in [4.78, 5) is 28.5. The Morgan fingerprint density at radius 2 is 1.76 bits per heavy atom. The van der Waals surface area contributed by atoms with E-state index in [1.165, 1.54) is 12.1 Å². The Morgan fingerprint density at radius 3 is 2.52 bits per heavy atom. The highest BCUT2D eigenvalue weighted by atomic mass is 19.4. The Balaban J connectivity index is 1.57. The number of amides is 3. The van der Waals surface area contributed by atoms with Gasteiger partial charge in [0.2, 0.25) is 0 Å². The van der Waals surface area contributed by atoms with E-state index in [9.17, 15) is 22.8 Å². The summed E-state index contributed by atoms with van der Waals surface area (Å²) in [5.74, 6) is -0.560. The molecule has 0 bridgehead atoms. The Hall–Kier alpha value is -3.62. The molecular formula is C20H17F3N4O2. The fourth-order valence-electron chi connectivity index (χ4n) is 2.71. The number of alkyl halides is 3. The lowest BCUT2D eigenvalue weighted by Crippen LogP contribution is -2.46. The van der Waals surface area contributed by atoms with Crippen LogP contribution in [0.1, 0.15) is 27.2 Å². The summed E-state index contributed by atoms with van der Waals surface area (Å²) in [6.45, 7) is 1.54. The van der Waals surface area contributed by atoms with Crippen LogP contribution in [0.25, 0.3) is 10.9 Å². The largest absolute Gasteiger partial charge is 0.416 e. The Kier molecular flexibility index (Phi) is 5.67. The monoisotopic (exact) mass is 402 g/mol. The van der Waals surface area contributed by atoms with E-state index in [1.807, 2.05) is 24.3 Å². The second-order valence-electron chi connectivity index (χ2n) is 6.27. The lowest BCUT2D eigenvalue weighted by atomic mass is 10.1. The number of carbonyl (C=O) groups excluding carboxylic acids is 2. The van der Waals surface area contributed by atoms with E-state index in [0.29, 0.717) is 11.3 Å². The summed E-state index contributed by atoms with van der Waals surface area (Å²) < 4.78 is 38.1. The first-order chi connectivity index (χ1) is 13.7. The predicted octanol–water partition coefficient (Wildman–Crippen LogP) is 3.71. The number of hydrogen-bond donors (Lipinski definition) is 3. The van der Waals surface area contributed by atoms with Crippen LogP contribution in [-0.4, -0.2) is 16.9 Å². The second-order valence-corrected chi connectivity index (χ2v) is 6.27. The predicted molar refractivity (Wildman–Crippen MR) is 101 cm³/mol. The molecule has 6 nitrogen and oxygen atoms in total. The molecule has 0 aliphatic rings. The van der Waals surface area contributed by atoms with Gasteiger partial charge in [-0.05, 0) is 36.8 Å². The van der Waals surface area contributed by atoms with Gasteiger partial charge in [-0.2, -0.15) is 13.2 Å². The maximum absolute atomic E-state index is 12.7. The van der Waals surface area contributed by atoms with Crippen molar-refractivity contribution in [3.63, 3.8) is 0 Å². The van der Waals surface area contributed by atoms with Crippen molar-refractivity contribution in [3.05, 3.63) is 77.0 Å². The van der Waals surface area contributed by atoms with Gasteiger partial charge in [-0.15, -0.1) is 0 Å². The molecule has 2 aromatic carbocycles. The number of nitrogens with zero attached hydrogens (tertiary/aromatic N) is 1. The molecule has 0 aliphatic heterocycles. The number of halogens is 3. The van der Waals surface area contributed by atoms with Gasteiger partial charge >= 0.3 is 12.2 Å². The first kappa shape index (κ1) is 20.1. The summed E-state index contributed by atoms with van der Waals surface area (Å²) in [6.07, 6.45) is -4.46. The van der Waals surface area contributed by atoms with Gasteiger partial charge in [0.25, 0.3) is 5.91 Å². The van der Waals surface area contributed by atoms with E-state index in [4.69, 9.17) is 0 Å². The fraction of sp³-hybridized carbons (Fsp3) is 0.150. The van der Waals surface area contributed by atoms with Crippen molar-refractivity contribution < 1.29 is 22.8 Å². The number of urea groups is 1. The van der Waals surface area contributed by atoms with E-state index in [-0.39, 0.29) is 12.1 Å². The third kappa shape index (κ3) is 5.01. The number of hydrogen-bond acceptors (Lipinski definition) is 3. The number of para-hydroxylation sites is 1. The molecule has 0 aliphatic carbocycles. The molecule has 29 heavy (non-hydrogen) atoms. The summed E-state index contributed by atoms with van der Waals surface area (Å²) >= 11 is 0. The average Bonchev–Trinajstić information content (AvgIpc) is 2.69. The highest BCUT2D eigenvalue weighted by Gasteiger charge is 2.30. The van der Waals surface area contributed by atoms with Gasteiger partial charge < -0.3 is 5.32 Å². The van der Waals surface area contributed by atoms with Crippen LogP contribution < -0.4 is 16.2 Å². The molecule has 1 heterocycles. The van der Waals surface area contributed by atoms with Gasteiger partial charge in [-0.1, -0.05) is 30.3 Å². The van der Waals surface area contributed by atoms with Crippen LogP contribution in [0, 0.1) is 6.92 Å². The maximum atomic E-state index is 12.7. The third-order valence-corrected chi connectivity index (χ3v) is 4.16. The molecule has 3 N–H and O–H groups in total. The van der Waals surface area contributed by atoms with E-state index in [0.717, 1.165) is 23.0 Å². The first-order valence-corrected chi connectivity index (χ1v) is 8.61. The number of fused-ring (bicyclic) bond motifs is 1. The van der Waals surface area contributed by atoms with Crippen LogP contribution in [0.4, 0.5) is 18.0 Å². The molecule has 3 amide bonds. The quantitative estimate of drug-likeness (QED) is 0.584. The average molecular weight is 402 g/mol. The van der Waals surface area contributed by atoms with Crippen LogP contribution in [0.3, 0.4) is 0 Å². The maximum Gasteiger partial charge on any atom is 0.416 e. The van der Waals surface area contributed by atoms with Gasteiger partial charge in [-0.25, -0.2) is 10.2 Å². The topological polar surface area (TPSA) is 83.1 Å². The van der Waals surface area contributed by atoms with Crippen LogP contribution in [0.5, 0.6) is 0 Å². The number of hydrazine groups is 1. The standard InChI is InChI=1S/C20H17F3N4O2/c1-12-16(10-14-6-2-3-8-17(14)25-12)18(28)26-27-19(29)24-11-13-5-4-7-15(9-13)20(21,22)23/h2-10H,11H2,1H3,(H,26,28)(H2,24,27,29). The van der Waals surface area contributed by atoms with Gasteiger partial charge in [0.05, 0.1) is 22.3 Å². The molecule has 1 aromatic heterocycles. The summed E-state index contributed by atoms with van der Waals surface area (Å²) in [5, 5.41) is 3.16. The molecule has 150 valence electrons. The molecule has 0 radical (unpaired) electrons. The van der Waals surface area contributed by atoms with Crippen molar-refractivity contribution in [3.8, 4) is 0 Å². The van der Waals surface area contributed by atoms with Gasteiger partial charge in [0.1, 0.15) is 0 Å². The van der Waals surface area contributed by atoms with Crippen LogP contribution in [0.15, 0.2) is 54.6 Å². The zero-order chi connectivity index (χ0) is 21.0. The van der Waals surface area contributed by atoms with Crippen molar-refractivity contribution >= 4 is 22.8 Å². The highest BCUT2D eigenvalue weighted by Crippen LogP contribution is 2.29. The summed E-state index contributed by atoms with van der Waals surface area (Å²) in [5.41, 5.74) is 5.43. The van der Waals surface area contributed by atoms with Gasteiger partial charge in [0.15, 0.2) is 0 Å². The molecule has 0 unspecified atom stereocenters. The summed E-state index contributed by atoms with van der Waals surface area (Å²) in [7, 11) is 0. The number of aryl methyl sites for hydroxylation is 1. The molecule has 0 spiro atoms. The molecule has 0 fully saturated rings. The van der Waals surface area contributed by atoms with Crippen molar-refractivity contribution in [1.29, 1.82) is 0 Å². The fourth-order valence-corrected chi connectivity index (χ4v) is 2.71. The van der Waals surface area contributed by atoms with Gasteiger partial charge in [-0.3, -0.25) is 15.2 Å². The molecule has 9 heteroatoms. The SMILES string of the molecule is Cc1nc2ccccc2cc1C(=O)NNC(=O)NCc1cccc(C(F)(F)F)c1. The lowest BCUT2D eigenvalue weighted by molar-refractivity contribution is -0.137. The van der Waals surface area contributed by atoms with Crippen LogP contribution in [0.2, 0.25) is 0 Å². The van der Waals surface area contributed by atoms with Crippen molar-refractivity contribution in [2.24, 2.45) is 0 Å². The second kappa shape index (κ2) is 8.17. The molecule has 0 saturated carbocycles. The summed E-state index contributed by atoms with van der Waals surface area (Å²) in [6, 6.07) is 12.8. The zero-order valence-electron chi connectivity index (χ0n) is 15.3. The van der Waals surface area contributed by atoms with E-state index in [1.54, 1.807) is 13.0 Å². The van der Waals surface area contributed by atoms with Crippen molar-refractivity contribution in [1.82, 2.24) is 21.2 Å². The molecular weight excluding hydrogens is 385 g/mol. The van der Waals surface area contributed by atoms with E-state index in [2.05, 4.69) is 21.2 Å². The number of pyridine rings is 1. The minimum atomic E-state index is -4.46. The molecule has 3 aromatic rings. The van der Waals surface area contributed by atoms with Crippen LogP contribution >= 0.6 is 0 Å². The van der Waals surface area contributed by atoms with E-state index < -0.39 is 23.7 Å². The zero-order valence-corrected chi connectivity index (χ0v) is 15.3. The number of aromatic nitrogens is 1. The van der Waals surface area contributed by atoms with Crippen molar-refractivity contribution in [2.75, 3.05) is 0 Å². The van der Waals surface area contributed by atoms with Gasteiger partial charge in [0, 0.05) is 11.9 Å². The van der Waals surface area contributed by atoms with Crippen LogP contribution in [-0.2, 0) is 12.7 Å². The van der Waals surface area contributed by atoms with E-state index >= 15 is 0 Å². The Morgan fingerprint density at radius 1 is 1.00 bits per heavy atom. The first-order valence-electron chi connectivity index (χ1n) is 8.61. The van der Waals surface area contributed by atoms with Crippen molar-refractivity contribution in [2.45, 2.75) is 19.6 Å². The Labute approximate surface area is 164 Å². The normalized spacial score (nSPS) is 11.2. The number of nitrogens with one attached hydrogen (secondary N) is 3. The third-order valence-electron chi connectivity index (χ3n) is 4.16. The number of benzene rings is 2. The minimum absolute atomic E-state index is 0.137. The molecule has 0 atom stereocenters. The minimum Gasteiger partial charge on any atom is -0.333 e.